The first kappa shape index (κ1) is 27.8. The average molecular weight is 432 g/mol. The van der Waals surface area contributed by atoms with Crippen molar-refractivity contribution in [2.75, 3.05) is 6.54 Å². The van der Waals surface area contributed by atoms with Crippen LogP contribution < -0.4 is 27.4 Å². The third kappa shape index (κ3) is 9.51. The van der Waals surface area contributed by atoms with Crippen LogP contribution in [0.4, 0.5) is 0 Å². The van der Waals surface area contributed by atoms with Gasteiger partial charge in [-0.2, -0.15) is 0 Å². The van der Waals surface area contributed by atoms with Gasteiger partial charge in [0, 0.05) is 0 Å². The highest BCUT2D eigenvalue weighted by molar-refractivity contribution is 5.94. The normalized spacial score (nSPS) is 17.0. The molecule has 30 heavy (non-hydrogen) atoms. The van der Waals surface area contributed by atoms with Crippen molar-refractivity contribution in [3.8, 4) is 0 Å². The smallest absolute Gasteiger partial charge is 0.326 e. The summed E-state index contributed by atoms with van der Waals surface area (Å²) < 4.78 is 0. The Hall–Kier alpha value is -2.24. The van der Waals surface area contributed by atoms with Gasteiger partial charge in [0.1, 0.15) is 18.1 Å². The van der Waals surface area contributed by atoms with Crippen molar-refractivity contribution in [1.29, 1.82) is 0 Å². The maximum Gasteiger partial charge on any atom is 0.326 e. The molecule has 9 N–H and O–H groups in total. The Morgan fingerprint density at radius 2 is 1.43 bits per heavy atom. The van der Waals surface area contributed by atoms with E-state index < -0.39 is 54.0 Å². The molecule has 0 aromatic carbocycles. The number of rotatable bonds is 14. The zero-order chi connectivity index (χ0) is 23.4. The number of unbranched alkanes of at least 4 members (excludes halogenated alkanes) is 1. The maximum atomic E-state index is 12.8. The maximum absolute atomic E-state index is 12.8. The van der Waals surface area contributed by atoms with Crippen LogP contribution >= 0.6 is 0 Å². The van der Waals surface area contributed by atoms with Crippen molar-refractivity contribution in [2.24, 2.45) is 17.4 Å². The van der Waals surface area contributed by atoms with Crippen LogP contribution in [0.3, 0.4) is 0 Å². The monoisotopic (exact) mass is 431 g/mol. The summed E-state index contributed by atoms with van der Waals surface area (Å²) in [5.74, 6) is -3.53. The van der Waals surface area contributed by atoms with E-state index in [4.69, 9.17) is 11.5 Å². The molecule has 0 saturated heterocycles. The molecule has 6 unspecified atom stereocenters. The summed E-state index contributed by atoms with van der Waals surface area (Å²) in [5.41, 5.74) is 10.9. The van der Waals surface area contributed by atoms with Gasteiger partial charge >= 0.3 is 5.97 Å². The number of aliphatic hydroxyl groups is 1. The van der Waals surface area contributed by atoms with E-state index in [9.17, 15) is 29.4 Å². The Kier molecular flexibility index (Phi) is 12.8. The number of hydrogen-bond donors (Lipinski definition) is 7. The number of nitrogens with one attached hydrogen (secondary N) is 3. The molecule has 0 spiro atoms. The van der Waals surface area contributed by atoms with E-state index in [1.807, 2.05) is 6.92 Å². The molecule has 0 aliphatic heterocycles. The van der Waals surface area contributed by atoms with Gasteiger partial charge in [0.05, 0.1) is 12.1 Å². The highest BCUT2D eigenvalue weighted by atomic mass is 16.4. The van der Waals surface area contributed by atoms with E-state index in [-0.39, 0.29) is 12.3 Å². The molecule has 174 valence electrons. The lowest BCUT2D eigenvalue weighted by molar-refractivity contribution is -0.143. The quantitative estimate of drug-likeness (QED) is 0.160. The lowest BCUT2D eigenvalue weighted by atomic mass is 9.97. The largest absolute Gasteiger partial charge is 0.480 e. The first-order chi connectivity index (χ1) is 14.0. The predicted octanol–water partition coefficient (Wildman–Crippen LogP) is -1.57. The molecule has 3 amide bonds. The van der Waals surface area contributed by atoms with Gasteiger partial charge in [-0.3, -0.25) is 14.4 Å². The number of aliphatic hydroxyl groups excluding tert-OH is 1. The molecule has 0 heterocycles. The number of nitrogens with two attached hydrogens (primary N) is 2. The fraction of sp³-hybridized carbons (Fsp3) is 0.789. The van der Waals surface area contributed by atoms with Crippen molar-refractivity contribution < 1.29 is 29.4 Å². The first-order valence-corrected chi connectivity index (χ1v) is 10.2. The van der Waals surface area contributed by atoms with Gasteiger partial charge in [0.2, 0.25) is 17.7 Å². The van der Waals surface area contributed by atoms with E-state index in [1.54, 1.807) is 6.92 Å². The van der Waals surface area contributed by atoms with Gasteiger partial charge in [-0.1, -0.05) is 20.3 Å². The Morgan fingerprint density at radius 1 is 0.900 bits per heavy atom. The number of hydrogen-bond acceptors (Lipinski definition) is 7. The number of carbonyl (C=O) groups excluding carboxylic acids is 3. The second-order valence-corrected chi connectivity index (χ2v) is 7.57. The molecule has 0 bridgehead atoms. The molecule has 0 aliphatic rings. The van der Waals surface area contributed by atoms with Crippen molar-refractivity contribution >= 4 is 23.7 Å². The molecule has 0 aliphatic carbocycles. The van der Waals surface area contributed by atoms with Crippen molar-refractivity contribution in [1.82, 2.24) is 16.0 Å². The zero-order valence-electron chi connectivity index (χ0n) is 18.2. The minimum Gasteiger partial charge on any atom is -0.480 e. The van der Waals surface area contributed by atoms with Gasteiger partial charge < -0.3 is 37.6 Å². The number of carboxylic acid groups (broad SMARTS) is 1. The standard InChI is InChI=1S/C19H37N5O6/c1-5-10(2)14(23-16(26)11(3)21)17(27)24-15(12(4)25)18(28)22-13(19(29)30)8-6-7-9-20/h10-15,25H,5-9,20-21H2,1-4H3,(H,22,28)(H,23,26)(H,24,27)(H,29,30). The number of aliphatic carboxylic acids is 1. The summed E-state index contributed by atoms with van der Waals surface area (Å²) in [6.45, 7) is 6.76. The highest BCUT2D eigenvalue weighted by Crippen LogP contribution is 2.10. The zero-order valence-corrected chi connectivity index (χ0v) is 18.2. The van der Waals surface area contributed by atoms with Crippen LogP contribution in [0.15, 0.2) is 0 Å². The van der Waals surface area contributed by atoms with E-state index in [0.29, 0.717) is 25.8 Å². The van der Waals surface area contributed by atoms with E-state index in [2.05, 4.69) is 16.0 Å². The average Bonchev–Trinajstić information content (AvgIpc) is 2.67. The van der Waals surface area contributed by atoms with Crippen molar-refractivity contribution in [3.05, 3.63) is 0 Å². The SMILES string of the molecule is CCC(C)C(NC(=O)C(C)N)C(=O)NC(C(=O)NC(CCCCN)C(=O)O)C(C)O. The van der Waals surface area contributed by atoms with Crippen molar-refractivity contribution in [3.63, 3.8) is 0 Å². The molecule has 0 radical (unpaired) electrons. The third-order valence-corrected chi connectivity index (χ3v) is 4.83. The van der Waals surface area contributed by atoms with Gasteiger partial charge in [-0.25, -0.2) is 4.79 Å². The highest BCUT2D eigenvalue weighted by Gasteiger charge is 2.33. The topological polar surface area (TPSA) is 197 Å². The van der Waals surface area contributed by atoms with Crippen LogP contribution in [-0.4, -0.2) is 70.7 Å². The molecular weight excluding hydrogens is 394 g/mol. The molecule has 0 fully saturated rings. The van der Waals surface area contributed by atoms with Gasteiger partial charge in [-0.05, 0) is 45.6 Å². The van der Waals surface area contributed by atoms with Crippen LogP contribution in [0, 0.1) is 5.92 Å². The molecule has 11 nitrogen and oxygen atoms in total. The molecule has 0 rings (SSSR count). The van der Waals surface area contributed by atoms with Crippen LogP contribution in [0.25, 0.3) is 0 Å². The lowest BCUT2D eigenvalue weighted by Gasteiger charge is -2.28. The van der Waals surface area contributed by atoms with E-state index in [1.165, 1.54) is 13.8 Å². The van der Waals surface area contributed by atoms with Gasteiger partial charge in [-0.15, -0.1) is 0 Å². The summed E-state index contributed by atoms with van der Waals surface area (Å²) >= 11 is 0. The van der Waals surface area contributed by atoms with Crippen LogP contribution in [0.5, 0.6) is 0 Å². The van der Waals surface area contributed by atoms with Crippen LogP contribution in [-0.2, 0) is 19.2 Å². The molecule has 11 heteroatoms. The Balaban J connectivity index is 5.32. The molecule has 0 aromatic rings. The van der Waals surface area contributed by atoms with Crippen molar-refractivity contribution in [2.45, 2.75) is 83.6 Å². The Bertz CT molecular complexity index is 584. The Labute approximate surface area is 177 Å². The van der Waals surface area contributed by atoms with Crippen LogP contribution in [0.2, 0.25) is 0 Å². The number of amides is 3. The minimum atomic E-state index is -1.40. The van der Waals surface area contributed by atoms with E-state index >= 15 is 0 Å². The number of carboxylic acids is 1. The fourth-order valence-corrected chi connectivity index (χ4v) is 2.65. The van der Waals surface area contributed by atoms with E-state index in [0.717, 1.165) is 0 Å². The molecular formula is C19H37N5O6. The Morgan fingerprint density at radius 3 is 1.87 bits per heavy atom. The summed E-state index contributed by atoms with van der Waals surface area (Å²) in [6, 6.07) is -4.37. The molecule has 0 aromatic heterocycles. The third-order valence-electron chi connectivity index (χ3n) is 4.83. The fourth-order valence-electron chi connectivity index (χ4n) is 2.65. The lowest BCUT2D eigenvalue weighted by Crippen LogP contribution is -2.60. The molecule has 0 saturated carbocycles. The number of carbonyl (C=O) groups is 4. The summed E-state index contributed by atoms with van der Waals surface area (Å²) in [7, 11) is 0. The summed E-state index contributed by atoms with van der Waals surface area (Å²) in [6.07, 6.45) is 0.531. The predicted molar refractivity (Wildman–Crippen MR) is 111 cm³/mol. The summed E-state index contributed by atoms with van der Waals surface area (Å²) in [5, 5.41) is 26.6. The second kappa shape index (κ2) is 13.9. The first-order valence-electron chi connectivity index (χ1n) is 10.2. The van der Waals surface area contributed by atoms with Gasteiger partial charge in [0.25, 0.3) is 0 Å². The minimum absolute atomic E-state index is 0.165. The second-order valence-electron chi connectivity index (χ2n) is 7.57. The summed E-state index contributed by atoms with van der Waals surface area (Å²) in [4.78, 5) is 48.7. The van der Waals surface area contributed by atoms with Crippen LogP contribution in [0.1, 0.15) is 53.4 Å². The van der Waals surface area contributed by atoms with Gasteiger partial charge in [0.15, 0.2) is 0 Å². The molecule has 6 atom stereocenters.